The first-order chi connectivity index (χ1) is 10.0. The highest BCUT2D eigenvalue weighted by atomic mass is 16.3. The van der Waals surface area contributed by atoms with Gasteiger partial charge in [0.15, 0.2) is 0 Å². The van der Waals surface area contributed by atoms with Crippen molar-refractivity contribution in [3.63, 3.8) is 0 Å². The van der Waals surface area contributed by atoms with Gasteiger partial charge in [0.25, 0.3) is 0 Å². The van der Waals surface area contributed by atoms with Crippen LogP contribution in [0.1, 0.15) is 44.2 Å². The van der Waals surface area contributed by atoms with Gasteiger partial charge in [-0.05, 0) is 50.7 Å². The molecule has 116 valence electrons. The van der Waals surface area contributed by atoms with Crippen molar-refractivity contribution in [2.24, 2.45) is 5.73 Å². The van der Waals surface area contributed by atoms with E-state index in [2.05, 4.69) is 43.0 Å². The van der Waals surface area contributed by atoms with Crippen LogP contribution >= 0.6 is 0 Å². The number of nitrogens with zero attached hydrogens (tertiary/aromatic N) is 1. The summed E-state index contributed by atoms with van der Waals surface area (Å²) in [6, 6.07) is 9.11. The Morgan fingerprint density at radius 3 is 2.48 bits per heavy atom. The van der Waals surface area contributed by atoms with Crippen LogP contribution in [-0.4, -0.2) is 41.3 Å². The molecule has 1 atom stereocenters. The second kappa shape index (κ2) is 5.38. The molecule has 0 amide bonds. The Bertz CT molecular complexity index is 506. The molecule has 3 heteroatoms. The minimum absolute atomic E-state index is 0.243. The van der Waals surface area contributed by atoms with E-state index in [0.717, 1.165) is 38.8 Å². The van der Waals surface area contributed by atoms with Gasteiger partial charge in [-0.1, -0.05) is 24.3 Å². The fourth-order valence-corrected chi connectivity index (χ4v) is 4.46. The molecular weight excluding hydrogens is 260 g/mol. The van der Waals surface area contributed by atoms with Gasteiger partial charge in [-0.3, -0.25) is 0 Å². The Morgan fingerprint density at radius 1 is 1.19 bits per heavy atom. The summed E-state index contributed by atoms with van der Waals surface area (Å²) in [6.45, 7) is 6.94. The van der Waals surface area contributed by atoms with Gasteiger partial charge in [0.05, 0.1) is 5.60 Å². The maximum atomic E-state index is 11.5. The molecule has 2 aliphatic rings. The highest BCUT2D eigenvalue weighted by molar-refractivity contribution is 5.43. The summed E-state index contributed by atoms with van der Waals surface area (Å²) in [4.78, 5) is 2.46. The van der Waals surface area contributed by atoms with Crippen molar-refractivity contribution in [2.75, 3.05) is 19.6 Å². The zero-order valence-corrected chi connectivity index (χ0v) is 13.3. The molecule has 21 heavy (non-hydrogen) atoms. The molecule has 1 aromatic rings. The lowest BCUT2D eigenvalue weighted by molar-refractivity contribution is -0.0857. The third-order valence-electron chi connectivity index (χ3n) is 5.95. The second-order valence-electron chi connectivity index (χ2n) is 7.10. The smallest absolute Gasteiger partial charge is 0.0780 e. The number of hydrogen-bond acceptors (Lipinski definition) is 3. The van der Waals surface area contributed by atoms with Crippen LogP contribution in [0.15, 0.2) is 24.3 Å². The average molecular weight is 288 g/mol. The second-order valence-corrected chi connectivity index (χ2v) is 7.10. The molecule has 0 aromatic heterocycles. The van der Waals surface area contributed by atoms with Crippen molar-refractivity contribution in [1.82, 2.24) is 4.90 Å². The molecular formula is C18H28N2O. The van der Waals surface area contributed by atoms with Gasteiger partial charge in [-0.2, -0.15) is 0 Å². The third kappa shape index (κ3) is 2.23. The molecule has 3 nitrogen and oxygen atoms in total. The summed E-state index contributed by atoms with van der Waals surface area (Å²) in [5.74, 6) is 0. The van der Waals surface area contributed by atoms with Crippen molar-refractivity contribution in [3.05, 3.63) is 35.4 Å². The number of rotatable bonds is 3. The highest BCUT2D eigenvalue weighted by Gasteiger charge is 2.54. The van der Waals surface area contributed by atoms with Crippen molar-refractivity contribution in [1.29, 1.82) is 0 Å². The lowest BCUT2D eigenvalue weighted by atomic mass is 9.63. The summed E-state index contributed by atoms with van der Waals surface area (Å²) in [7, 11) is 0. The van der Waals surface area contributed by atoms with Crippen molar-refractivity contribution in [2.45, 2.75) is 56.6 Å². The first kappa shape index (κ1) is 15.0. The predicted octanol–water partition coefficient (Wildman–Crippen LogP) is 2.06. The van der Waals surface area contributed by atoms with Gasteiger partial charge in [-0.15, -0.1) is 0 Å². The third-order valence-corrected chi connectivity index (χ3v) is 5.95. The molecule has 0 bridgehead atoms. The Kier molecular flexibility index (Phi) is 3.85. The monoisotopic (exact) mass is 288 g/mol. The SMILES string of the molecule is CC(C)N1CCC(O)(C2(CN)CCc3ccccc32)CC1. The van der Waals surface area contributed by atoms with Crippen LogP contribution in [0, 0.1) is 0 Å². The van der Waals surface area contributed by atoms with E-state index in [4.69, 9.17) is 5.73 Å². The Balaban J connectivity index is 1.91. The molecule has 3 N–H and O–H groups in total. The number of fused-ring (bicyclic) bond motifs is 1. The van der Waals surface area contributed by atoms with Gasteiger partial charge >= 0.3 is 0 Å². The lowest BCUT2D eigenvalue weighted by Gasteiger charge is -2.50. The predicted molar refractivity (Wildman–Crippen MR) is 86.4 cm³/mol. The van der Waals surface area contributed by atoms with E-state index < -0.39 is 5.60 Å². The van der Waals surface area contributed by atoms with E-state index in [9.17, 15) is 5.11 Å². The van der Waals surface area contributed by atoms with Crippen LogP contribution < -0.4 is 5.73 Å². The molecule has 1 unspecified atom stereocenters. The van der Waals surface area contributed by atoms with Gasteiger partial charge in [-0.25, -0.2) is 0 Å². The number of piperidine rings is 1. The van der Waals surface area contributed by atoms with E-state index in [1.807, 2.05) is 0 Å². The number of aryl methyl sites for hydroxylation is 1. The van der Waals surface area contributed by atoms with Crippen LogP contribution in [0.25, 0.3) is 0 Å². The van der Waals surface area contributed by atoms with E-state index in [1.54, 1.807) is 0 Å². The number of nitrogens with two attached hydrogens (primary N) is 1. The van der Waals surface area contributed by atoms with Crippen molar-refractivity contribution in [3.8, 4) is 0 Å². The van der Waals surface area contributed by atoms with Crippen molar-refractivity contribution < 1.29 is 5.11 Å². The maximum absolute atomic E-state index is 11.5. The summed E-state index contributed by atoms with van der Waals surface area (Å²) < 4.78 is 0. The molecule has 1 heterocycles. The Morgan fingerprint density at radius 2 is 1.86 bits per heavy atom. The lowest BCUT2D eigenvalue weighted by Crippen LogP contribution is -2.60. The molecule has 1 aromatic carbocycles. The van der Waals surface area contributed by atoms with E-state index in [0.29, 0.717) is 12.6 Å². The summed E-state index contributed by atoms with van der Waals surface area (Å²) in [5, 5.41) is 11.5. The molecule has 1 saturated heterocycles. The minimum atomic E-state index is -0.653. The van der Waals surface area contributed by atoms with Crippen LogP contribution in [0.5, 0.6) is 0 Å². The quantitative estimate of drug-likeness (QED) is 0.895. The topological polar surface area (TPSA) is 49.5 Å². The molecule has 0 spiro atoms. The first-order valence-electron chi connectivity index (χ1n) is 8.27. The van der Waals surface area contributed by atoms with Crippen LogP contribution in [0.3, 0.4) is 0 Å². The fourth-order valence-electron chi connectivity index (χ4n) is 4.46. The summed E-state index contributed by atoms with van der Waals surface area (Å²) >= 11 is 0. The minimum Gasteiger partial charge on any atom is -0.389 e. The van der Waals surface area contributed by atoms with E-state index >= 15 is 0 Å². The maximum Gasteiger partial charge on any atom is 0.0780 e. The number of hydrogen-bond donors (Lipinski definition) is 2. The molecule has 1 fully saturated rings. The number of aliphatic hydroxyl groups is 1. The zero-order chi connectivity index (χ0) is 15.1. The molecule has 0 radical (unpaired) electrons. The Labute approximate surface area is 128 Å². The largest absolute Gasteiger partial charge is 0.389 e. The summed E-state index contributed by atoms with van der Waals surface area (Å²) in [6.07, 6.45) is 3.69. The van der Waals surface area contributed by atoms with Gasteiger partial charge in [0.2, 0.25) is 0 Å². The van der Waals surface area contributed by atoms with E-state index in [-0.39, 0.29) is 5.41 Å². The van der Waals surface area contributed by atoms with Crippen molar-refractivity contribution >= 4 is 0 Å². The van der Waals surface area contributed by atoms with Gasteiger partial charge in [0, 0.05) is 31.1 Å². The standard InChI is InChI=1S/C18H28N2O/c1-14(2)20-11-9-18(21,10-12-20)17(13-19)8-7-15-5-3-4-6-16(15)17/h3-6,14,21H,7-13,19H2,1-2H3. The first-order valence-corrected chi connectivity index (χ1v) is 8.27. The highest BCUT2D eigenvalue weighted by Crippen LogP contribution is 2.49. The summed E-state index contributed by atoms with van der Waals surface area (Å²) in [5.41, 5.74) is 8.00. The van der Waals surface area contributed by atoms with Crippen LogP contribution in [0.2, 0.25) is 0 Å². The van der Waals surface area contributed by atoms with E-state index in [1.165, 1.54) is 11.1 Å². The fraction of sp³-hybridized carbons (Fsp3) is 0.667. The van der Waals surface area contributed by atoms with Gasteiger partial charge in [0.1, 0.15) is 0 Å². The Hall–Kier alpha value is -0.900. The zero-order valence-electron chi connectivity index (χ0n) is 13.3. The number of benzene rings is 1. The van der Waals surface area contributed by atoms with Crippen LogP contribution in [-0.2, 0) is 11.8 Å². The number of likely N-dealkylation sites (tertiary alicyclic amines) is 1. The molecule has 3 rings (SSSR count). The van der Waals surface area contributed by atoms with Crippen LogP contribution in [0.4, 0.5) is 0 Å². The average Bonchev–Trinajstić information content (AvgIpc) is 2.88. The molecule has 1 aliphatic heterocycles. The molecule has 0 saturated carbocycles. The van der Waals surface area contributed by atoms with Gasteiger partial charge < -0.3 is 15.7 Å². The molecule has 1 aliphatic carbocycles. The normalized spacial score (nSPS) is 28.8.